The molecule has 0 bridgehead atoms. The molecule has 0 radical (unpaired) electrons. The number of carbonyl (C=O) groups excluding carboxylic acids is 2. The zero-order valence-electron chi connectivity index (χ0n) is 22.4. The molecule has 1 fully saturated rings. The highest BCUT2D eigenvalue weighted by atomic mass is 16.6. The summed E-state index contributed by atoms with van der Waals surface area (Å²) in [7, 11) is 1.34. The number of nitrogens with one attached hydrogen (secondary N) is 1. The van der Waals surface area contributed by atoms with Crippen LogP contribution in [0.1, 0.15) is 70.0 Å². The molecule has 38 heavy (non-hydrogen) atoms. The number of aryl methyl sites for hydroxylation is 1. The van der Waals surface area contributed by atoms with Crippen LogP contribution < -0.4 is 10.1 Å². The second-order valence-electron chi connectivity index (χ2n) is 10.1. The van der Waals surface area contributed by atoms with Crippen LogP contribution in [0.2, 0.25) is 0 Å². The normalized spacial score (nSPS) is 13.8. The number of ether oxygens (including phenoxy) is 2. The number of amides is 1. The van der Waals surface area contributed by atoms with Crippen LogP contribution in [0, 0.1) is 13.8 Å². The van der Waals surface area contributed by atoms with Gasteiger partial charge in [-0.25, -0.2) is 4.79 Å². The van der Waals surface area contributed by atoms with Gasteiger partial charge in [0.1, 0.15) is 5.75 Å². The summed E-state index contributed by atoms with van der Waals surface area (Å²) in [5.41, 5.74) is 7.40. The van der Waals surface area contributed by atoms with E-state index in [1.54, 1.807) is 0 Å². The van der Waals surface area contributed by atoms with Crippen molar-refractivity contribution in [2.24, 2.45) is 0 Å². The van der Waals surface area contributed by atoms with Crippen molar-refractivity contribution in [3.63, 3.8) is 0 Å². The van der Waals surface area contributed by atoms with Crippen molar-refractivity contribution in [2.75, 3.05) is 13.7 Å². The van der Waals surface area contributed by atoms with E-state index in [4.69, 9.17) is 9.47 Å². The maximum Gasteiger partial charge on any atom is 0.343 e. The van der Waals surface area contributed by atoms with Gasteiger partial charge in [0.15, 0.2) is 6.61 Å². The Morgan fingerprint density at radius 1 is 1.03 bits per heavy atom. The van der Waals surface area contributed by atoms with E-state index in [1.807, 2.05) is 49.4 Å². The first kappa shape index (κ1) is 25.6. The Morgan fingerprint density at radius 3 is 2.58 bits per heavy atom. The molecule has 1 unspecified atom stereocenters. The number of hydrogen-bond donors (Lipinski definition) is 1. The first-order valence-electron chi connectivity index (χ1n) is 13.1. The van der Waals surface area contributed by atoms with E-state index >= 15 is 0 Å². The summed E-state index contributed by atoms with van der Waals surface area (Å²) in [6.07, 6.45) is 2.52. The quantitative estimate of drug-likeness (QED) is 0.271. The van der Waals surface area contributed by atoms with Crippen molar-refractivity contribution < 1.29 is 19.1 Å². The molecule has 1 amide bonds. The maximum absolute atomic E-state index is 13.2. The smallest absolute Gasteiger partial charge is 0.343 e. The highest BCUT2D eigenvalue weighted by molar-refractivity contribution is 5.99. The monoisotopic (exact) mass is 510 g/mol. The number of esters is 1. The molecule has 4 aromatic rings. The van der Waals surface area contributed by atoms with Crippen LogP contribution >= 0.6 is 0 Å². The van der Waals surface area contributed by atoms with E-state index < -0.39 is 5.97 Å². The van der Waals surface area contributed by atoms with Gasteiger partial charge in [-0.2, -0.15) is 0 Å². The molecule has 0 saturated heterocycles. The summed E-state index contributed by atoms with van der Waals surface area (Å²) in [5.74, 6) is 0.825. The van der Waals surface area contributed by atoms with Crippen molar-refractivity contribution in [3.05, 3.63) is 100 Å². The molecule has 1 heterocycles. The van der Waals surface area contributed by atoms with Crippen molar-refractivity contribution in [1.29, 1.82) is 0 Å². The number of benzene rings is 3. The molecule has 1 aliphatic carbocycles. The third-order valence-electron chi connectivity index (χ3n) is 7.58. The Kier molecular flexibility index (Phi) is 7.23. The Morgan fingerprint density at radius 2 is 1.82 bits per heavy atom. The lowest BCUT2D eigenvalue weighted by atomic mass is 10.0. The minimum Gasteiger partial charge on any atom is -0.482 e. The third-order valence-corrected chi connectivity index (χ3v) is 7.58. The summed E-state index contributed by atoms with van der Waals surface area (Å²) < 4.78 is 12.7. The number of fused-ring (bicyclic) bond motifs is 1. The van der Waals surface area contributed by atoms with Gasteiger partial charge in [0.25, 0.3) is 5.91 Å². The van der Waals surface area contributed by atoms with Crippen molar-refractivity contribution in [3.8, 4) is 5.75 Å². The van der Waals surface area contributed by atoms with Gasteiger partial charge in [-0.1, -0.05) is 42.5 Å². The number of nitrogens with zero attached hydrogens (tertiary/aromatic N) is 1. The van der Waals surface area contributed by atoms with Gasteiger partial charge in [0, 0.05) is 27.7 Å². The molecule has 1 saturated carbocycles. The molecule has 0 aliphatic heterocycles. The number of para-hydroxylation sites is 1. The molecule has 1 aliphatic rings. The van der Waals surface area contributed by atoms with Crippen LogP contribution in [0.25, 0.3) is 10.9 Å². The Hall–Kier alpha value is -4.06. The molecule has 3 aromatic carbocycles. The predicted octanol–water partition coefficient (Wildman–Crippen LogP) is 6.23. The zero-order chi connectivity index (χ0) is 26.8. The molecule has 6 heteroatoms. The lowest BCUT2D eigenvalue weighted by Gasteiger charge is -2.16. The molecule has 1 aromatic heterocycles. The standard InChI is InChI=1S/C32H34N2O4/c1-20-22(3)34(18-27-8-5-6-11-30(27)38-19-31(35)37-4)29-15-14-26(17-28(20)29)32(36)33-21(2)24-9-7-10-25(16-24)23-12-13-23/h5-11,14-17,21,23H,12-13,18-19H2,1-4H3,(H,33,36). The Balaban J connectivity index is 1.37. The van der Waals surface area contributed by atoms with Crippen LogP contribution in [0.3, 0.4) is 0 Å². The fraction of sp³-hybridized carbons (Fsp3) is 0.312. The molecule has 6 nitrogen and oxygen atoms in total. The van der Waals surface area contributed by atoms with Crippen LogP contribution in [-0.4, -0.2) is 30.2 Å². The van der Waals surface area contributed by atoms with E-state index in [2.05, 4.69) is 48.0 Å². The Bertz CT molecular complexity index is 1500. The number of aromatic nitrogens is 1. The lowest BCUT2D eigenvalue weighted by molar-refractivity contribution is -0.142. The number of hydrogen-bond acceptors (Lipinski definition) is 4. The fourth-order valence-corrected chi connectivity index (χ4v) is 5.00. The largest absolute Gasteiger partial charge is 0.482 e. The van der Waals surface area contributed by atoms with E-state index in [0.717, 1.165) is 33.3 Å². The molecule has 196 valence electrons. The number of methoxy groups -OCH3 is 1. The molecule has 5 rings (SSSR count). The molecule has 1 atom stereocenters. The third kappa shape index (κ3) is 5.30. The zero-order valence-corrected chi connectivity index (χ0v) is 22.4. The highest BCUT2D eigenvalue weighted by Crippen LogP contribution is 2.40. The topological polar surface area (TPSA) is 69.6 Å². The number of carbonyl (C=O) groups is 2. The summed E-state index contributed by atoms with van der Waals surface area (Å²) in [4.78, 5) is 24.8. The summed E-state index contributed by atoms with van der Waals surface area (Å²) in [5, 5.41) is 4.23. The molecular formula is C32H34N2O4. The SMILES string of the molecule is COC(=O)COc1ccccc1Cn1c(C)c(C)c2cc(C(=O)NC(C)c3cccc(C4CC4)c3)ccc21. The van der Waals surface area contributed by atoms with Crippen LogP contribution in [0.4, 0.5) is 0 Å². The van der Waals surface area contributed by atoms with Crippen LogP contribution in [0.5, 0.6) is 5.75 Å². The summed E-state index contributed by atoms with van der Waals surface area (Å²) in [6.45, 7) is 6.64. The first-order chi connectivity index (χ1) is 18.4. The molecular weight excluding hydrogens is 476 g/mol. The lowest BCUT2D eigenvalue weighted by Crippen LogP contribution is -2.26. The van der Waals surface area contributed by atoms with Gasteiger partial charge in [0.2, 0.25) is 0 Å². The second kappa shape index (κ2) is 10.7. The van der Waals surface area contributed by atoms with Crippen LogP contribution in [0.15, 0.2) is 66.7 Å². The van der Waals surface area contributed by atoms with Crippen molar-refractivity contribution in [1.82, 2.24) is 9.88 Å². The first-order valence-corrected chi connectivity index (χ1v) is 13.1. The summed E-state index contributed by atoms with van der Waals surface area (Å²) >= 11 is 0. The predicted molar refractivity (Wildman–Crippen MR) is 149 cm³/mol. The molecule has 0 spiro atoms. The number of rotatable bonds is 9. The maximum atomic E-state index is 13.2. The minimum absolute atomic E-state index is 0.0779. The highest BCUT2D eigenvalue weighted by Gasteiger charge is 2.24. The minimum atomic E-state index is -0.422. The van der Waals surface area contributed by atoms with Crippen LogP contribution in [-0.2, 0) is 16.1 Å². The van der Waals surface area contributed by atoms with Crippen molar-refractivity contribution >= 4 is 22.8 Å². The van der Waals surface area contributed by atoms with Gasteiger partial charge in [-0.3, -0.25) is 4.79 Å². The van der Waals surface area contributed by atoms with Gasteiger partial charge >= 0.3 is 5.97 Å². The molecule has 1 N–H and O–H groups in total. The Labute approximate surface area is 223 Å². The van der Waals surface area contributed by atoms with Gasteiger partial charge < -0.3 is 19.4 Å². The van der Waals surface area contributed by atoms with Gasteiger partial charge in [-0.15, -0.1) is 0 Å². The van der Waals surface area contributed by atoms with E-state index in [1.165, 1.54) is 25.5 Å². The van der Waals surface area contributed by atoms with Gasteiger partial charge in [0.05, 0.1) is 19.7 Å². The van der Waals surface area contributed by atoms with Gasteiger partial charge in [-0.05, 0) is 80.5 Å². The van der Waals surface area contributed by atoms with E-state index in [9.17, 15) is 9.59 Å². The van der Waals surface area contributed by atoms with E-state index in [-0.39, 0.29) is 18.6 Å². The summed E-state index contributed by atoms with van der Waals surface area (Å²) in [6, 6.07) is 22.1. The van der Waals surface area contributed by atoms with Crippen molar-refractivity contribution in [2.45, 2.75) is 52.1 Å². The average molecular weight is 511 g/mol. The average Bonchev–Trinajstić information content (AvgIpc) is 3.77. The van der Waals surface area contributed by atoms with E-state index in [0.29, 0.717) is 23.8 Å². The fourth-order valence-electron chi connectivity index (χ4n) is 5.00. The second-order valence-corrected chi connectivity index (χ2v) is 10.1.